The van der Waals surface area contributed by atoms with Crippen molar-refractivity contribution in [3.05, 3.63) is 70.6 Å². The molecule has 0 unspecified atom stereocenters. The van der Waals surface area contributed by atoms with Crippen LogP contribution in [0.4, 0.5) is 0 Å². The summed E-state index contributed by atoms with van der Waals surface area (Å²) in [5.41, 5.74) is 0.709. The predicted octanol–water partition coefficient (Wildman–Crippen LogP) is 2.98. The molecule has 120 valence electrons. The van der Waals surface area contributed by atoms with Gasteiger partial charge in [-0.1, -0.05) is 23.8 Å². The van der Waals surface area contributed by atoms with Gasteiger partial charge in [0.05, 0.1) is 5.39 Å². The minimum Gasteiger partial charge on any atom is -0.423 e. The third-order valence-electron chi connectivity index (χ3n) is 3.13. The zero-order valence-corrected chi connectivity index (χ0v) is 14.0. The summed E-state index contributed by atoms with van der Waals surface area (Å²) in [6, 6.07) is 13.7. The molecule has 0 amide bonds. The van der Waals surface area contributed by atoms with Gasteiger partial charge in [-0.25, -0.2) is 4.79 Å². The molecule has 0 spiro atoms. The van der Waals surface area contributed by atoms with Crippen molar-refractivity contribution in [1.82, 2.24) is 0 Å². The van der Waals surface area contributed by atoms with E-state index in [4.69, 9.17) is 8.60 Å². The van der Waals surface area contributed by atoms with E-state index in [0.29, 0.717) is 5.39 Å². The van der Waals surface area contributed by atoms with E-state index in [1.54, 1.807) is 24.3 Å². The summed E-state index contributed by atoms with van der Waals surface area (Å²) in [6.45, 7) is 1.87. The van der Waals surface area contributed by atoms with E-state index in [1.165, 1.54) is 30.3 Å². The molecule has 5 nitrogen and oxygen atoms in total. The van der Waals surface area contributed by atoms with Gasteiger partial charge >= 0.3 is 15.7 Å². The highest BCUT2D eigenvalue weighted by atomic mass is 32.2. The van der Waals surface area contributed by atoms with Crippen molar-refractivity contribution in [2.75, 3.05) is 0 Å². The van der Waals surface area contributed by atoms with Crippen LogP contribution in [-0.4, -0.2) is 8.42 Å². The maximum absolute atomic E-state index is 12.3. The summed E-state index contributed by atoms with van der Waals surface area (Å²) in [6.07, 6.45) is 0. The van der Waals surface area contributed by atoms with Crippen molar-refractivity contribution >= 4 is 34.6 Å². The first-order valence-electron chi connectivity index (χ1n) is 6.50. The lowest BCUT2D eigenvalue weighted by Crippen LogP contribution is -2.10. The molecule has 0 radical (unpaired) electrons. The van der Waals surface area contributed by atoms with Crippen LogP contribution >= 0.6 is 13.5 Å². The Morgan fingerprint density at radius 1 is 0.957 bits per heavy atom. The molecular formula is C16H14O5S2. The van der Waals surface area contributed by atoms with Crippen molar-refractivity contribution in [1.29, 1.82) is 0 Å². The lowest BCUT2D eigenvalue weighted by atomic mass is 10.2. The van der Waals surface area contributed by atoms with Crippen molar-refractivity contribution < 1.29 is 17.0 Å². The van der Waals surface area contributed by atoms with Gasteiger partial charge in [-0.2, -0.15) is 21.9 Å². The molecule has 0 bridgehead atoms. The van der Waals surface area contributed by atoms with E-state index in [-0.39, 0.29) is 29.7 Å². The SMILES string of the molecule is Cc1ccc(S(=O)(=O)Oc2cccc3oc(=O)ccc23)cc1.S. The van der Waals surface area contributed by atoms with E-state index >= 15 is 0 Å². The molecule has 23 heavy (non-hydrogen) atoms. The summed E-state index contributed by atoms with van der Waals surface area (Å²) >= 11 is 0. The third-order valence-corrected chi connectivity index (χ3v) is 4.38. The van der Waals surface area contributed by atoms with E-state index in [2.05, 4.69) is 0 Å². The molecule has 0 saturated heterocycles. The number of rotatable bonds is 3. The fraction of sp³-hybridized carbons (Fsp3) is 0.0625. The molecule has 3 rings (SSSR count). The summed E-state index contributed by atoms with van der Waals surface area (Å²) in [5, 5.41) is 0.415. The number of hydrogen-bond donors (Lipinski definition) is 0. The Morgan fingerprint density at radius 2 is 1.65 bits per heavy atom. The maximum Gasteiger partial charge on any atom is 0.339 e. The number of benzene rings is 2. The minimum atomic E-state index is -3.95. The van der Waals surface area contributed by atoms with Crippen molar-refractivity contribution in [3.8, 4) is 5.75 Å². The van der Waals surface area contributed by atoms with Crippen LogP contribution in [0.5, 0.6) is 5.75 Å². The second kappa shape index (κ2) is 6.47. The fourth-order valence-electron chi connectivity index (χ4n) is 2.01. The van der Waals surface area contributed by atoms with Crippen LogP contribution in [0.25, 0.3) is 11.0 Å². The summed E-state index contributed by atoms with van der Waals surface area (Å²) in [4.78, 5) is 11.3. The van der Waals surface area contributed by atoms with Gasteiger partial charge in [-0.3, -0.25) is 0 Å². The Morgan fingerprint density at radius 3 is 2.35 bits per heavy atom. The molecule has 0 aliphatic rings. The van der Waals surface area contributed by atoms with E-state index < -0.39 is 15.7 Å². The van der Waals surface area contributed by atoms with E-state index in [9.17, 15) is 13.2 Å². The number of aryl methyl sites for hydroxylation is 1. The lowest BCUT2D eigenvalue weighted by Gasteiger charge is -2.09. The van der Waals surface area contributed by atoms with Crippen LogP contribution in [0.15, 0.2) is 68.7 Å². The van der Waals surface area contributed by atoms with Gasteiger partial charge in [0.25, 0.3) is 0 Å². The normalized spacial score (nSPS) is 11.0. The molecule has 7 heteroatoms. The Bertz CT molecular complexity index is 989. The predicted molar refractivity (Wildman–Crippen MR) is 91.9 cm³/mol. The van der Waals surface area contributed by atoms with Gasteiger partial charge in [0.2, 0.25) is 0 Å². The molecule has 0 N–H and O–H groups in total. The minimum absolute atomic E-state index is 0. The van der Waals surface area contributed by atoms with Gasteiger partial charge < -0.3 is 8.60 Å². The standard InChI is InChI=1S/C16H12O5S.H2S/c1-11-5-7-12(8-6-11)22(18,19)21-15-4-2-3-14-13(15)9-10-16(17)20-14;/h2-10H,1H3;1H2. The Kier molecular flexibility index (Phi) is 4.82. The van der Waals surface area contributed by atoms with Crippen LogP contribution in [0.2, 0.25) is 0 Å². The van der Waals surface area contributed by atoms with E-state index in [0.717, 1.165) is 5.56 Å². The van der Waals surface area contributed by atoms with Crippen LogP contribution in [0.3, 0.4) is 0 Å². The van der Waals surface area contributed by atoms with Crippen LogP contribution in [0, 0.1) is 6.92 Å². The summed E-state index contributed by atoms with van der Waals surface area (Å²) in [7, 11) is -3.95. The molecule has 1 aromatic heterocycles. The molecule has 0 atom stereocenters. The van der Waals surface area contributed by atoms with Crippen LogP contribution in [-0.2, 0) is 10.1 Å². The molecule has 0 aliphatic heterocycles. The number of hydrogen-bond acceptors (Lipinski definition) is 5. The first kappa shape index (κ1) is 17.1. The van der Waals surface area contributed by atoms with Crippen molar-refractivity contribution in [2.24, 2.45) is 0 Å². The second-order valence-corrected chi connectivity index (χ2v) is 6.32. The molecular weight excluding hydrogens is 336 g/mol. The highest BCUT2D eigenvalue weighted by Gasteiger charge is 2.18. The zero-order chi connectivity index (χ0) is 15.7. The van der Waals surface area contributed by atoms with Gasteiger partial charge in [-0.15, -0.1) is 0 Å². The van der Waals surface area contributed by atoms with Crippen molar-refractivity contribution in [2.45, 2.75) is 11.8 Å². The van der Waals surface area contributed by atoms with E-state index in [1.807, 2.05) is 6.92 Å². The van der Waals surface area contributed by atoms with Crippen molar-refractivity contribution in [3.63, 3.8) is 0 Å². The van der Waals surface area contributed by atoms with Gasteiger partial charge in [0, 0.05) is 6.07 Å². The van der Waals surface area contributed by atoms with Gasteiger partial charge in [0.15, 0.2) is 5.75 Å². The molecule has 2 aromatic carbocycles. The topological polar surface area (TPSA) is 73.6 Å². The first-order valence-corrected chi connectivity index (χ1v) is 7.90. The molecule has 3 aromatic rings. The smallest absolute Gasteiger partial charge is 0.339 e. The maximum atomic E-state index is 12.3. The van der Waals surface area contributed by atoms with Gasteiger partial charge in [0.1, 0.15) is 10.5 Å². The Balaban J connectivity index is 0.00000192. The third kappa shape index (κ3) is 3.57. The molecule has 1 heterocycles. The number of fused-ring (bicyclic) bond motifs is 1. The lowest BCUT2D eigenvalue weighted by molar-refractivity contribution is 0.487. The molecule has 0 aliphatic carbocycles. The fourth-order valence-corrected chi connectivity index (χ4v) is 2.96. The highest BCUT2D eigenvalue weighted by Crippen LogP contribution is 2.27. The molecule has 0 saturated carbocycles. The zero-order valence-electron chi connectivity index (χ0n) is 12.1. The Hall–Kier alpha value is -2.25. The first-order chi connectivity index (χ1) is 10.5. The average molecular weight is 350 g/mol. The quantitative estimate of drug-likeness (QED) is 0.536. The highest BCUT2D eigenvalue weighted by molar-refractivity contribution is 7.87. The summed E-state index contributed by atoms with van der Waals surface area (Å²) < 4.78 is 34.8. The largest absolute Gasteiger partial charge is 0.423 e. The summed E-state index contributed by atoms with van der Waals surface area (Å²) in [5.74, 6) is 0.113. The van der Waals surface area contributed by atoms with Crippen LogP contribution in [0.1, 0.15) is 5.56 Å². The van der Waals surface area contributed by atoms with Crippen LogP contribution < -0.4 is 9.81 Å². The second-order valence-electron chi connectivity index (χ2n) is 4.77. The Labute approximate surface area is 140 Å². The van der Waals surface area contributed by atoms with Gasteiger partial charge in [-0.05, 0) is 37.3 Å². The average Bonchev–Trinajstić information content (AvgIpc) is 2.47. The monoisotopic (exact) mass is 350 g/mol. The molecule has 0 fully saturated rings.